The third-order valence-corrected chi connectivity index (χ3v) is 2.00. The van der Waals surface area contributed by atoms with Crippen molar-refractivity contribution in [3.05, 3.63) is 5.32 Å². The molecule has 75 valence electrons. The molecule has 1 radical (unpaired) electrons. The van der Waals surface area contributed by atoms with Gasteiger partial charge in [0, 0.05) is 32.7 Å². The molecule has 0 spiro atoms. The van der Waals surface area contributed by atoms with E-state index in [1.165, 1.54) is 0 Å². The molecule has 3 atom stereocenters. The minimum absolute atomic E-state index is 0. The topological polar surface area (TPSA) is 34.3 Å². The van der Waals surface area contributed by atoms with E-state index >= 15 is 0 Å². The first-order valence-corrected chi connectivity index (χ1v) is 3.82. The van der Waals surface area contributed by atoms with E-state index < -0.39 is 18.3 Å². The van der Waals surface area contributed by atoms with Gasteiger partial charge in [-0.25, -0.2) is 0 Å². The molecule has 2 nitrogen and oxygen atoms in total. The Bertz CT molecular complexity index is 164. The van der Waals surface area contributed by atoms with Crippen LogP contribution in [0.5, 0.6) is 0 Å². The van der Waals surface area contributed by atoms with E-state index in [1.807, 2.05) is 6.92 Å². The van der Waals surface area contributed by atoms with Gasteiger partial charge >= 0.3 is 6.18 Å². The van der Waals surface area contributed by atoms with E-state index in [-0.39, 0.29) is 38.6 Å². The van der Waals surface area contributed by atoms with Crippen LogP contribution in [-0.4, -0.2) is 30.0 Å². The number of rotatable bonds is 1. The van der Waals surface area contributed by atoms with Gasteiger partial charge in [0.05, 0.1) is 0 Å². The first-order chi connectivity index (χ1) is 5.41. The van der Waals surface area contributed by atoms with Crippen LogP contribution in [0.15, 0.2) is 0 Å². The molecule has 0 bridgehead atoms. The number of aliphatic hydroxyl groups is 1. The van der Waals surface area contributed by atoms with Gasteiger partial charge in [-0.2, -0.15) is 13.2 Å². The molecule has 1 fully saturated rings. The zero-order valence-electron chi connectivity index (χ0n) is 7.25. The van der Waals surface area contributed by atoms with Crippen LogP contribution in [0.3, 0.4) is 0 Å². The standard InChI is InChI=1S/C7H11F3NO.Y/c1-4-2-5(11-3-4)6(12)7(8,9)10;/h4-6,12H,2-3H2,1H3;/q-1;. The summed E-state index contributed by atoms with van der Waals surface area (Å²) in [5.74, 6) is 0.159. The van der Waals surface area contributed by atoms with Gasteiger partial charge in [-0.3, -0.25) is 0 Å². The van der Waals surface area contributed by atoms with Gasteiger partial charge < -0.3 is 10.4 Å². The number of aliphatic hydroxyl groups excluding tert-OH is 1. The second kappa shape index (κ2) is 5.05. The Morgan fingerprint density at radius 3 is 2.31 bits per heavy atom. The van der Waals surface area contributed by atoms with E-state index in [9.17, 15) is 13.2 Å². The van der Waals surface area contributed by atoms with E-state index in [1.54, 1.807) is 0 Å². The average molecular weight is 271 g/mol. The summed E-state index contributed by atoms with van der Waals surface area (Å²) in [7, 11) is 0. The molecule has 0 aliphatic carbocycles. The van der Waals surface area contributed by atoms with Crippen molar-refractivity contribution >= 4 is 0 Å². The summed E-state index contributed by atoms with van der Waals surface area (Å²) in [6, 6.07) is -0.944. The summed E-state index contributed by atoms with van der Waals surface area (Å²) in [5.41, 5.74) is 0. The minimum atomic E-state index is -4.53. The van der Waals surface area contributed by atoms with Crippen LogP contribution in [0.4, 0.5) is 13.2 Å². The van der Waals surface area contributed by atoms with Gasteiger partial charge in [0.25, 0.3) is 0 Å². The fourth-order valence-corrected chi connectivity index (χ4v) is 1.32. The number of hydrogen-bond acceptors (Lipinski definition) is 1. The van der Waals surface area contributed by atoms with E-state index in [0.29, 0.717) is 13.0 Å². The fraction of sp³-hybridized carbons (Fsp3) is 1.00. The van der Waals surface area contributed by atoms with Crippen molar-refractivity contribution in [1.82, 2.24) is 0 Å². The van der Waals surface area contributed by atoms with Crippen LogP contribution in [-0.2, 0) is 32.7 Å². The third kappa shape index (κ3) is 3.82. The van der Waals surface area contributed by atoms with Crippen molar-refractivity contribution in [3.8, 4) is 0 Å². The molecule has 0 aromatic rings. The van der Waals surface area contributed by atoms with Crippen LogP contribution < -0.4 is 0 Å². The summed E-state index contributed by atoms with van der Waals surface area (Å²) < 4.78 is 35.8. The third-order valence-electron chi connectivity index (χ3n) is 2.00. The molecule has 1 saturated heterocycles. The predicted molar refractivity (Wildman–Crippen MR) is 37.9 cm³/mol. The molecule has 13 heavy (non-hydrogen) atoms. The Hall–Kier alpha value is 0.814. The normalized spacial score (nSPS) is 31.2. The number of nitrogens with zero attached hydrogens (tertiary/aromatic N) is 1. The van der Waals surface area contributed by atoms with Crippen molar-refractivity contribution < 1.29 is 51.0 Å². The Balaban J connectivity index is 0.00000144. The SMILES string of the molecule is CC1C[N-]C(C(O)C(F)(F)F)C1.[Y]. The summed E-state index contributed by atoms with van der Waals surface area (Å²) >= 11 is 0. The summed E-state index contributed by atoms with van der Waals surface area (Å²) in [6.45, 7) is 2.25. The Labute approximate surface area is 100 Å². The molecule has 1 heterocycles. The van der Waals surface area contributed by atoms with Crippen LogP contribution >= 0.6 is 0 Å². The summed E-state index contributed by atoms with van der Waals surface area (Å²) in [6.07, 6.45) is -6.47. The summed E-state index contributed by atoms with van der Waals surface area (Å²) in [5, 5.41) is 12.5. The van der Waals surface area contributed by atoms with Crippen LogP contribution in [0, 0.1) is 5.92 Å². The zero-order valence-corrected chi connectivity index (χ0v) is 10.1. The number of alkyl halides is 3. The van der Waals surface area contributed by atoms with Gasteiger partial charge in [-0.15, -0.1) is 12.6 Å². The maximum Gasteiger partial charge on any atom is 0.412 e. The predicted octanol–water partition coefficient (Wildman–Crippen LogP) is 1.69. The quantitative estimate of drug-likeness (QED) is 0.773. The molecule has 0 amide bonds. The number of halogens is 3. The van der Waals surface area contributed by atoms with Gasteiger partial charge in [-0.1, -0.05) is 19.3 Å². The Kier molecular flexibility index (Phi) is 5.37. The van der Waals surface area contributed by atoms with Gasteiger partial charge in [0.2, 0.25) is 0 Å². The van der Waals surface area contributed by atoms with Crippen LogP contribution in [0.1, 0.15) is 13.3 Å². The molecule has 6 heteroatoms. The molecule has 0 aromatic heterocycles. The molecule has 1 rings (SSSR count). The van der Waals surface area contributed by atoms with Gasteiger partial charge in [-0.05, 0) is 0 Å². The number of hydrogen-bond donors (Lipinski definition) is 1. The van der Waals surface area contributed by atoms with Gasteiger partial charge in [0.15, 0.2) is 0 Å². The largest absolute Gasteiger partial charge is 0.657 e. The van der Waals surface area contributed by atoms with E-state index in [4.69, 9.17) is 5.11 Å². The van der Waals surface area contributed by atoms with Crippen molar-refractivity contribution in [2.75, 3.05) is 6.54 Å². The maximum absolute atomic E-state index is 11.9. The second-order valence-corrected chi connectivity index (χ2v) is 3.26. The second-order valence-electron chi connectivity index (χ2n) is 3.26. The molecular formula is C7H11F3NOY-. The minimum Gasteiger partial charge on any atom is -0.657 e. The van der Waals surface area contributed by atoms with Crippen molar-refractivity contribution in [2.45, 2.75) is 31.7 Å². The average Bonchev–Trinajstić information content (AvgIpc) is 2.32. The smallest absolute Gasteiger partial charge is 0.412 e. The summed E-state index contributed by atoms with van der Waals surface area (Å²) in [4.78, 5) is 0. The van der Waals surface area contributed by atoms with Crippen molar-refractivity contribution in [3.63, 3.8) is 0 Å². The van der Waals surface area contributed by atoms with E-state index in [2.05, 4.69) is 5.32 Å². The molecule has 1 aliphatic heterocycles. The molecular weight excluding hydrogens is 260 g/mol. The molecule has 0 saturated carbocycles. The molecule has 1 N–H and O–H groups in total. The van der Waals surface area contributed by atoms with Crippen molar-refractivity contribution in [2.24, 2.45) is 5.92 Å². The Morgan fingerprint density at radius 2 is 2.00 bits per heavy atom. The first-order valence-electron chi connectivity index (χ1n) is 3.82. The molecule has 0 aromatic carbocycles. The van der Waals surface area contributed by atoms with E-state index in [0.717, 1.165) is 0 Å². The molecule has 1 aliphatic rings. The fourth-order valence-electron chi connectivity index (χ4n) is 1.32. The first kappa shape index (κ1) is 13.8. The van der Waals surface area contributed by atoms with Gasteiger partial charge in [0.1, 0.15) is 6.10 Å². The van der Waals surface area contributed by atoms with Crippen LogP contribution in [0.2, 0.25) is 0 Å². The van der Waals surface area contributed by atoms with Crippen molar-refractivity contribution in [1.29, 1.82) is 0 Å². The zero-order chi connectivity index (χ0) is 9.35. The monoisotopic (exact) mass is 271 g/mol. The Morgan fingerprint density at radius 1 is 1.46 bits per heavy atom. The molecule has 3 unspecified atom stereocenters. The maximum atomic E-state index is 11.9. The van der Waals surface area contributed by atoms with Crippen LogP contribution in [0.25, 0.3) is 5.32 Å².